The molecule has 0 N–H and O–H groups in total. The van der Waals surface area contributed by atoms with Crippen LogP contribution in [0.25, 0.3) is 11.1 Å². The van der Waals surface area contributed by atoms with Crippen molar-refractivity contribution in [2.75, 3.05) is 39.0 Å². The molecule has 128 valence electrons. The number of carbonyl (C=O) groups excluding carboxylic acids is 1. The fourth-order valence-electron chi connectivity index (χ4n) is 2.74. The molecule has 0 spiro atoms. The minimum atomic E-state index is -1.16. The molecule has 0 bridgehead atoms. The molecule has 1 unspecified atom stereocenters. The van der Waals surface area contributed by atoms with Crippen LogP contribution in [0.15, 0.2) is 41.1 Å². The highest BCUT2D eigenvalue weighted by Crippen LogP contribution is 2.22. The van der Waals surface area contributed by atoms with Gasteiger partial charge in [-0.25, -0.2) is 0 Å². The first-order valence-electron chi connectivity index (χ1n) is 8.04. The molecule has 2 aromatic rings. The molecule has 0 saturated carbocycles. The summed E-state index contributed by atoms with van der Waals surface area (Å²) in [6.45, 7) is 3.26. The third-order valence-corrected chi connectivity index (χ3v) is 6.18. The number of nitrogens with zero attached hydrogens (tertiary/aromatic N) is 2. The first-order valence-corrected chi connectivity index (χ1v) is 10.5. The molecule has 1 amide bonds. The van der Waals surface area contributed by atoms with E-state index >= 15 is 0 Å². The highest BCUT2D eigenvalue weighted by Gasteiger charge is 2.20. The lowest BCUT2D eigenvalue weighted by atomic mass is 10.1. The van der Waals surface area contributed by atoms with E-state index < -0.39 is 10.8 Å². The van der Waals surface area contributed by atoms with E-state index in [4.69, 9.17) is 0 Å². The highest BCUT2D eigenvalue weighted by atomic mass is 32.2. The van der Waals surface area contributed by atoms with Crippen molar-refractivity contribution in [1.29, 1.82) is 0 Å². The Kier molecular flexibility index (Phi) is 5.81. The van der Waals surface area contributed by atoms with Crippen LogP contribution in [-0.4, -0.2) is 58.9 Å². The number of likely N-dealkylation sites (N-methyl/N-ethyl adjacent to an activating group) is 1. The van der Waals surface area contributed by atoms with E-state index in [1.54, 1.807) is 11.3 Å². The third kappa shape index (κ3) is 4.53. The summed E-state index contributed by atoms with van der Waals surface area (Å²) in [6, 6.07) is 10.2. The van der Waals surface area contributed by atoms with Crippen LogP contribution in [0.2, 0.25) is 0 Å². The molecule has 1 aliphatic heterocycles. The number of rotatable bonds is 5. The van der Waals surface area contributed by atoms with Crippen LogP contribution in [0, 0.1) is 0 Å². The van der Waals surface area contributed by atoms with Crippen LogP contribution in [0.5, 0.6) is 0 Å². The lowest BCUT2D eigenvalue weighted by Crippen LogP contribution is -2.48. The van der Waals surface area contributed by atoms with Gasteiger partial charge < -0.3 is 9.80 Å². The van der Waals surface area contributed by atoms with Crippen molar-refractivity contribution in [3.8, 4) is 11.1 Å². The number of hydrogen-bond donors (Lipinski definition) is 0. The number of benzene rings is 1. The summed E-state index contributed by atoms with van der Waals surface area (Å²) >= 11 is 1.68. The Labute approximate surface area is 149 Å². The first-order chi connectivity index (χ1) is 11.6. The summed E-state index contributed by atoms with van der Waals surface area (Å²) in [5.74, 6) is 0.565. The van der Waals surface area contributed by atoms with E-state index in [-0.39, 0.29) is 11.7 Å². The second-order valence-corrected chi connectivity index (χ2v) is 8.36. The number of thiophene rings is 1. The average molecular weight is 363 g/mol. The van der Waals surface area contributed by atoms with E-state index in [0.29, 0.717) is 5.75 Å². The molecule has 6 heteroatoms. The summed E-state index contributed by atoms with van der Waals surface area (Å²) in [4.78, 5) is 16.3. The topological polar surface area (TPSA) is 40.6 Å². The van der Waals surface area contributed by atoms with Gasteiger partial charge in [0.1, 0.15) is 5.75 Å². The van der Waals surface area contributed by atoms with Gasteiger partial charge in [-0.3, -0.25) is 9.00 Å². The standard InChI is InChI=1S/C18H22N2O2S2/c1-19-7-9-20(10-8-19)18(21)14-24(22)13-15-2-4-16(5-3-15)17-6-11-23-12-17/h2-6,11-12H,7-10,13-14H2,1H3. The molecule has 1 fully saturated rings. The second kappa shape index (κ2) is 8.05. The Morgan fingerprint density at radius 3 is 2.42 bits per heavy atom. The molecular formula is C18H22N2O2S2. The number of amides is 1. The van der Waals surface area contributed by atoms with E-state index in [9.17, 15) is 9.00 Å². The molecular weight excluding hydrogens is 340 g/mol. The van der Waals surface area contributed by atoms with E-state index in [1.807, 2.05) is 17.0 Å². The highest BCUT2D eigenvalue weighted by molar-refractivity contribution is 7.84. The third-order valence-electron chi connectivity index (χ3n) is 4.28. The van der Waals surface area contributed by atoms with Gasteiger partial charge >= 0.3 is 0 Å². The fraction of sp³-hybridized carbons (Fsp3) is 0.389. The lowest BCUT2D eigenvalue weighted by molar-refractivity contribution is -0.129. The molecule has 4 nitrogen and oxygen atoms in total. The Hall–Kier alpha value is -1.50. The zero-order valence-corrected chi connectivity index (χ0v) is 15.4. The van der Waals surface area contributed by atoms with Crippen LogP contribution in [0.4, 0.5) is 0 Å². The Morgan fingerprint density at radius 1 is 1.08 bits per heavy atom. The van der Waals surface area contributed by atoms with Crippen LogP contribution < -0.4 is 0 Å². The maximum Gasteiger partial charge on any atom is 0.235 e. The minimum Gasteiger partial charge on any atom is -0.339 e. The molecule has 3 rings (SSSR count). The van der Waals surface area contributed by atoms with Gasteiger partial charge in [0.05, 0.1) is 0 Å². The first kappa shape index (κ1) is 17.3. The molecule has 1 aliphatic rings. The lowest BCUT2D eigenvalue weighted by Gasteiger charge is -2.32. The van der Waals surface area contributed by atoms with Gasteiger partial charge in [0.2, 0.25) is 5.91 Å². The maximum atomic E-state index is 12.3. The summed E-state index contributed by atoms with van der Waals surface area (Å²) in [5, 5.41) is 4.17. The van der Waals surface area contributed by atoms with Crippen molar-refractivity contribution in [2.45, 2.75) is 5.75 Å². The molecule has 0 aliphatic carbocycles. The monoisotopic (exact) mass is 362 g/mol. The van der Waals surface area contributed by atoms with Crippen molar-refractivity contribution in [1.82, 2.24) is 9.80 Å². The van der Waals surface area contributed by atoms with Gasteiger partial charge in [-0.2, -0.15) is 11.3 Å². The normalized spacial score (nSPS) is 17.0. The average Bonchev–Trinajstić information content (AvgIpc) is 3.10. The van der Waals surface area contributed by atoms with Crippen LogP contribution in [-0.2, 0) is 21.3 Å². The van der Waals surface area contributed by atoms with Crippen molar-refractivity contribution in [2.24, 2.45) is 0 Å². The predicted molar refractivity (Wildman–Crippen MR) is 101 cm³/mol. The van der Waals surface area contributed by atoms with Crippen molar-refractivity contribution in [3.05, 3.63) is 46.7 Å². The van der Waals surface area contributed by atoms with E-state index in [2.05, 4.69) is 40.9 Å². The van der Waals surface area contributed by atoms with Gasteiger partial charge in [-0.15, -0.1) is 0 Å². The van der Waals surface area contributed by atoms with E-state index in [0.717, 1.165) is 31.7 Å². The maximum absolute atomic E-state index is 12.3. The molecule has 1 atom stereocenters. The Bertz CT molecular complexity index is 690. The van der Waals surface area contributed by atoms with Crippen molar-refractivity contribution >= 4 is 28.0 Å². The molecule has 24 heavy (non-hydrogen) atoms. The fourth-order valence-corrected chi connectivity index (χ4v) is 4.53. The van der Waals surface area contributed by atoms with Crippen molar-refractivity contribution in [3.63, 3.8) is 0 Å². The number of piperazine rings is 1. The zero-order valence-electron chi connectivity index (χ0n) is 13.8. The van der Waals surface area contributed by atoms with Gasteiger partial charge in [0.25, 0.3) is 0 Å². The predicted octanol–water partition coefficient (Wildman–Crippen LogP) is 2.44. The van der Waals surface area contributed by atoms with Gasteiger partial charge in [-0.05, 0) is 40.6 Å². The SMILES string of the molecule is CN1CCN(C(=O)CS(=O)Cc2ccc(-c3ccsc3)cc2)CC1. The number of hydrogen-bond acceptors (Lipinski definition) is 4. The van der Waals surface area contributed by atoms with Gasteiger partial charge in [0.15, 0.2) is 0 Å². The van der Waals surface area contributed by atoms with Crippen LogP contribution >= 0.6 is 11.3 Å². The summed E-state index contributed by atoms with van der Waals surface area (Å²) in [6.07, 6.45) is 0. The number of carbonyl (C=O) groups is 1. The molecule has 0 radical (unpaired) electrons. The zero-order chi connectivity index (χ0) is 16.9. The molecule has 1 aromatic carbocycles. The molecule has 1 saturated heterocycles. The summed E-state index contributed by atoms with van der Waals surface area (Å²) in [5.41, 5.74) is 3.38. The Balaban J connectivity index is 1.52. The summed E-state index contributed by atoms with van der Waals surface area (Å²) < 4.78 is 12.3. The van der Waals surface area contributed by atoms with E-state index in [1.165, 1.54) is 11.1 Å². The molecule has 2 heterocycles. The Morgan fingerprint density at radius 2 is 1.79 bits per heavy atom. The van der Waals surface area contributed by atoms with Gasteiger partial charge in [-0.1, -0.05) is 24.3 Å². The largest absolute Gasteiger partial charge is 0.339 e. The van der Waals surface area contributed by atoms with Gasteiger partial charge in [0, 0.05) is 42.7 Å². The second-order valence-electron chi connectivity index (χ2n) is 6.12. The van der Waals surface area contributed by atoms with Crippen molar-refractivity contribution < 1.29 is 9.00 Å². The smallest absolute Gasteiger partial charge is 0.235 e. The quantitative estimate of drug-likeness (QED) is 0.820. The van der Waals surface area contributed by atoms with Crippen LogP contribution in [0.3, 0.4) is 0 Å². The minimum absolute atomic E-state index is 0.0105. The summed E-state index contributed by atoms with van der Waals surface area (Å²) in [7, 11) is 0.898. The molecule has 1 aromatic heterocycles. The van der Waals surface area contributed by atoms with Crippen LogP contribution in [0.1, 0.15) is 5.56 Å².